The zero-order chi connectivity index (χ0) is 20.2. The molecule has 30 heavy (non-hydrogen) atoms. The summed E-state index contributed by atoms with van der Waals surface area (Å²) in [5.74, 6) is 0. The van der Waals surface area contributed by atoms with Gasteiger partial charge in [-0.2, -0.15) is 5.10 Å². The summed E-state index contributed by atoms with van der Waals surface area (Å²) in [4.78, 5) is 0. The lowest BCUT2D eigenvalue weighted by atomic mass is 9.98. The van der Waals surface area contributed by atoms with Crippen LogP contribution in [0.25, 0.3) is 0 Å². The van der Waals surface area contributed by atoms with Crippen LogP contribution in [0.5, 0.6) is 0 Å². The number of nitrogens with one attached hydrogen (secondary N) is 1. The second kappa shape index (κ2) is 8.21. The first-order valence-electron chi connectivity index (χ1n) is 10.0. The molecule has 2 heterocycles. The van der Waals surface area contributed by atoms with Crippen LogP contribution in [0, 0.1) is 0 Å². The summed E-state index contributed by atoms with van der Waals surface area (Å²) in [5.41, 5.74) is 9.06. The van der Waals surface area contributed by atoms with E-state index in [1.54, 1.807) is 17.3 Å². The third-order valence-electron chi connectivity index (χ3n) is 5.29. The minimum Gasteiger partial charge on any atom is -0.319 e. The Morgan fingerprint density at radius 3 is 2.17 bits per heavy atom. The van der Waals surface area contributed by atoms with Gasteiger partial charge in [0.15, 0.2) is 0 Å². The second-order valence-corrected chi connectivity index (χ2v) is 7.26. The summed E-state index contributed by atoms with van der Waals surface area (Å²) in [6, 6.07) is 29.7. The van der Waals surface area contributed by atoms with Crippen molar-refractivity contribution in [3.63, 3.8) is 0 Å². The highest BCUT2D eigenvalue weighted by atomic mass is 15.5. The Morgan fingerprint density at radius 1 is 0.800 bits per heavy atom. The largest absolute Gasteiger partial charge is 0.319 e. The second-order valence-electron chi connectivity index (χ2n) is 7.26. The Labute approximate surface area is 175 Å². The van der Waals surface area contributed by atoms with Crippen molar-refractivity contribution in [3.05, 3.63) is 114 Å². The molecule has 0 saturated heterocycles. The van der Waals surface area contributed by atoms with Crippen LogP contribution in [0.15, 0.2) is 103 Å². The van der Waals surface area contributed by atoms with E-state index in [0.717, 1.165) is 17.8 Å². The normalized spacial score (nSPS) is 15.8. The van der Waals surface area contributed by atoms with Crippen molar-refractivity contribution in [1.29, 1.82) is 0 Å². The van der Waals surface area contributed by atoms with E-state index in [9.17, 15) is 0 Å². The Balaban J connectivity index is 1.41. The van der Waals surface area contributed by atoms with Crippen LogP contribution in [0.3, 0.4) is 0 Å². The summed E-state index contributed by atoms with van der Waals surface area (Å²) in [6.07, 6.45) is 4.16. The fourth-order valence-electron chi connectivity index (χ4n) is 3.72. The highest BCUT2D eigenvalue weighted by Gasteiger charge is 2.29. The quantitative estimate of drug-likeness (QED) is 0.527. The predicted octanol–water partition coefficient (Wildman–Crippen LogP) is 4.38. The first-order chi connectivity index (χ1) is 14.9. The number of benzene rings is 3. The van der Waals surface area contributed by atoms with Crippen LogP contribution in [0.2, 0.25) is 0 Å². The number of aromatic nitrogens is 3. The van der Waals surface area contributed by atoms with E-state index in [4.69, 9.17) is 5.10 Å². The van der Waals surface area contributed by atoms with Gasteiger partial charge in [-0.1, -0.05) is 72.8 Å². The van der Waals surface area contributed by atoms with Crippen LogP contribution < -0.4 is 10.4 Å². The van der Waals surface area contributed by atoms with E-state index in [0.29, 0.717) is 6.54 Å². The van der Waals surface area contributed by atoms with Gasteiger partial charge in [0, 0.05) is 6.42 Å². The van der Waals surface area contributed by atoms with Gasteiger partial charge in [0.05, 0.1) is 24.0 Å². The molecule has 148 valence electrons. The van der Waals surface area contributed by atoms with Crippen molar-refractivity contribution in [2.75, 3.05) is 10.4 Å². The molecule has 6 heteroatoms. The summed E-state index contributed by atoms with van der Waals surface area (Å²) in [6.45, 7) is 0.693. The van der Waals surface area contributed by atoms with Gasteiger partial charge < -0.3 is 5.43 Å². The predicted molar refractivity (Wildman–Crippen MR) is 119 cm³/mol. The van der Waals surface area contributed by atoms with Gasteiger partial charge in [-0.25, -0.2) is 4.68 Å². The van der Waals surface area contributed by atoms with Gasteiger partial charge >= 0.3 is 0 Å². The zero-order valence-corrected chi connectivity index (χ0v) is 16.5. The molecule has 1 unspecified atom stereocenters. The molecular formula is C24H22N6. The van der Waals surface area contributed by atoms with Gasteiger partial charge in [-0.3, -0.25) is 5.01 Å². The number of rotatable bonds is 6. The smallest absolute Gasteiger partial charge is 0.138 e. The van der Waals surface area contributed by atoms with Gasteiger partial charge in [0.25, 0.3) is 0 Å². The molecule has 1 aliphatic rings. The Bertz CT molecular complexity index is 1110. The molecule has 1 aliphatic heterocycles. The fraction of sp³-hybridized carbons (Fsp3) is 0.125. The van der Waals surface area contributed by atoms with Gasteiger partial charge in [0.2, 0.25) is 0 Å². The molecule has 0 bridgehead atoms. The summed E-state index contributed by atoms with van der Waals surface area (Å²) in [5, 5.41) is 14.8. The van der Waals surface area contributed by atoms with E-state index >= 15 is 0 Å². The molecule has 0 fully saturated rings. The third kappa shape index (κ3) is 3.80. The standard InChI is InChI=1S/C24H22N6/c1-3-7-20(8-4-1)23-15-24(21-9-5-2-6-10-21)30(28-23)22-13-11-19(12-14-22)16-27-29-17-25-26-18-29/h1-14,17-18,24,27H,15-16H2. The Kier molecular flexibility index (Phi) is 4.96. The van der Waals surface area contributed by atoms with E-state index in [1.165, 1.54) is 16.7 Å². The number of hydrogen-bond donors (Lipinski definition) is 1. The number of anilines is 1. The number of nitrogens with zero attached hydrogens (tertiary/aromatic N) is 5. The maximum absolute atomic E-state index is 5.02. The lowest BCUT2D eigenvalue weighted by molar-refractivity contribution is 0.708. The highest BCUT2D eigenvalue weighted by Crippen LogP contribution is 2.36. The molecule has 0 amide bonds. The molecule has 0 radical (unpaired) electrons. The minimum atomic E-state index is 0.183. The van der Waals surface area contributed by atoms with Crippen LogP contribution in [0.4, 0.5) is 5.69 Å². The molecule has 1 aromatic heterocycles. The van der Waals surface area contributed by atoms with Crippen molar-refractivity contribution in [2.45, 2.75) is 19.0 Å². The average molecular weight is 394 g/mol. The highest BCUT2D eigenvalue weighted by molar-refractivity contribution is 6.03. The lowest BCUT2D eigenvalue weighted by Crippen LogP contribution is -2.18. The van der Waals surface area contributed by atoms with Crippen molar-refractivity contribution in [3.8, 4) is 0 Å². The topological polar surface area (TPSA) is 58.3 Å². The van der Waals surface area contributed by atoms with Crippen molar-refractivity contribution < 1.29 is 0 Å². The summed E-state index contributed by atoms with van der Waals surface area (Å²) < 4.78 is 1.75. The molecule has 3 aromatic carbocycles. The first kappa shape index (κ1) is 18.1. The van der Waals surface area contributed by atoms with Crippen LogP contribution in [-0.2, 0) is 6.54 Å². The van der Waals surface area contributed by atoms with Crippen LogP contribution in [-0.4, -0.2) is 20.6 Å². The number of hydrazone groups is 1. The molecule has 0 aliphatic carbocycles. The molecule has 6 nitrogen and oxygen atoms in total. The molecule has 1 N–H and O–H groups in total. The summed E-state index contributed by atoms with van der Waals surface area (Å²) in [7, 11) is 0. The Morgan fingerprint density at radius 2 is 1.47 bits per heavy atom. The molecule has 1 atom stereocenters. The maximum Gasteiger partial charge on any atom is 0.138 e. The summed E-state index contributed by atoms with van der Waals surface area (Å²) >= 11 is 0. The van der Waals surface area contributed by atoms with E-state index in [-0.39, 0.29) is 6.04 Å². The lowest BCUT2D eigenvalue weighted by Gasteiger charge is -2.24. The zero-order valence-electron chi connectivity index (χ0n) is 16.5. The van der Waals surface area contributed by atoms with Crippen molar-refractivity contribution in [2.24, 2.45) is 5.10 Å². The SMILES string of the molecule is c1ccc(C2=NN(c3ccc(CNn4cnnc4)cc3)C(c3ccccc3)C2)cc1. The fourth-order valence-corrected chi connectivity index (χ4v) is 3.72. The molecule has 4 aromatic rings. The Hall–Kier alpha value is -3.93. The minimum absolute atomic E-state index is 0.183. The van der Waals surface area contributed by atoms with E-state index < -0.39 is 0 Å². The van der Waals surface area contributed by atoms with Gasteiger partial charge in [0.1, 0.15) is 12.7 Å². The van der Waals surface area contributed by atoms with Gasteiger partial charge in [-0.05, 0) is 28.8 Å². The molecule has 0 spiro atoms. The molecule has 5 rings (SSSR count). The molecular weight excluding hydrogens is 372 g/mol. The maximum atomic E-state index is 5.02. The van der Waals surface area contributed by atoms with Crippen LogP contribution in [0.1, 0.15) is 29.2 Å². The van der Waals surface area contributed by atoms with Crippen molar-refractivity contribution >= 4 is 11.4 Å². The van der Waals surface area contributed by atoms with Crippen LogP contribution >= 0.6 is 0 Å². The van der Waals surface area contributed by atoms with Gasteiger partial charge in [-0.15, -0.1) is 10.2 Å². The number of hydrogen-bond acceptors (Lipinski definition) is 5. The van der Waals surface area contributed by atoms with Crippen molar-refractivity contribution in [1.82, 2.24) is 14.9 Å². The van der Waals surface area contributed by atoms with E-state index in [1.807, 2.05) is 6.07 Å². The average Bonchev–Trinajstić information content (AvgIpc) is 3.50. The molecule has 0 saturated carbocycles. The first-order valence-corrected chi connectivity index (χ1v) is 10.0. The van der Waals surface area contributed by atoms with E-state index in [2.05, 4.69) is 99.5 Å². The monoisotopic (exact) mass is 394 g/mol. The third-order valence-corrected chi connectivity index (χ3v) is 5.29.